The monoisotopic (exact) mass is 318 g/mol. The first kappa shape index (κ1) is 20.0. The average Bonchev–Trinajstić information content (AvgIpc) is 2.23. The molecule has 0 aromatic carbocycles. The van der Waals surface area contributed by atoms with Crippen molar-refractivity contribution in [1.82, 2.24) is 10.4 Å². The van der Waals surface area contributed by atoms with E-state index >= 15 is 0 Å². The van der Waals surface area contributed by atoms with E-state index in [9.17, 15) is 14.4 Å². The van der Waals surface area contributed by atoms with E-state index in [-0.39, 0.29) is 6.61 Å². The molecule has 8 nitrogen and oxygen atoms in total. The van der Waals surface area contributed by atoms with E-state index in [2.05, 4.69) is 5.43 Å². The van der Waals surface area contributed by atoms with Crippen LogP contribution < -0.4 is 5.43 Å². The minimum atomic E-state index is -0.883. The summed E-state index contributed by atoms with van der Waals surface area (Å²) in [6.07, 6.45) is -1.76. The average molecular weight is 318 g/mol. The molecule has 0 saturated heterocycles. The van der Waals surface area contributed by atoms with Gasteiger partial charge >= 0.3 is 18.2 Å². The van der Waals surface area contributed by atoms with Gasteiger partial charge < -0.3 is 14.2 Å². The lowest BCUT2D eigenvalue weighted by molar-refractivity contribution is -0.145. The van der Waals surface area contributed by atoms with Gasteiger partial charge in [0.25, 0.3) is 0 Å². The molecule has 0 unspecified atom stereocenters. The Morgan fingerprint density at radius 1 is 0.955 bits per heavy atom. The number of nitrogens with one attached hydrogen (secondary N) is 1. The fraction of sp³-hybridized carbons (Fsp3) is 0.786. The lowest BCUT2D eigenvalue weighted by Crippen LogP contribution is -2.51. The number of hydrogen-bond donors (Lipinski definition) is 1. The summed E-state index contributed by atoms with van der Waals surface area (Å²) in [5.74, 6) is -0.676. The van der Waals surface area contributed by atoms with Gasteiger partial charge in [0.15, 0.2) is 0 Å². The van der Waals surface area contributed by atoms with Crippen molar-refractivity contribution in [3.8, 4) is 0 Å². The van der Waals surface area contributed by atoms with Crippen LogP contribution in [0, 0.1) is 0 Å². The van der Waals surface area contributed by atoms with Crippen molar-refractivity contribution in [2.45, 2.75) is 59.7 Å². The van der Waals surface area contributed by atoms with Crippen molar-refractivity contribution in [2.75, 3.05) is 13.2 Å². The predicted molar refractivity (Wildman–Crippen MR) is 78.9 cm³/mol. The zero-order chi connectivity index (χ0) is 17.6. The SMILES string of the molecule is CCOC(=O)CN(NC(=O)OC(C)(C)C)C(=O)OC(C)(C)C. The van der Waals surface area contributed by atoms with E-state index in [1.165, 1.54) is 0 Å². The number of amides is 2. The van der Waals surface area contributed by atoms with Crippen LogP contribution in [0.15, 0.2) is 0 Å². The molecule has 0 rings (SSSR count). The van der Waals surface area contributed by atoms with Crippen LogP contribution in [0.1, 0.15) is 48.5 Å². The number of carbonyl (C=O) groups excluding carboxylic acids is 3. The van der Waals surface area contributed by atoms with Crippen molar-refractivity contribution < 1.29 is 28.6 Å². The van der Waals surface area contributed by atoms with E-state index in [1.54, 1.807) is 48.5 Å². The zero-order valence-electron chi connectivity index (χ0n) is 14.3. The van der Waals surface area contributed by atoms with Crippen LogP contribution in [0.5, 0.6) is 0 Å². The summed E-state index contributed by atoms with van der Waals surface area (Å²) in [5.41, 5.74) is 0.661. The minimum absolute atomic E-state index is 0.160. The maximum Gasteiger partial charge on any atom is 0.429 e. The van der Waals surface area contributed by atoms with Gasteiger partial charge in [0, 0.05) is 0 Å². The molecule has 0 fully saturated rings. The van der Waals surface area contributed by atoms with Gasteiger partial charge in [0.05, 0.1) is 6.61 Å². The van der Waals surface area contributed by atoms with E-state index in [1.807, 2.05) is 0 Å². The standard InChI is InChI=1S/C14H26N2O6/c1-8-20-10(17)9-16(12(19)22-14(5,6)7)15-11(18)21-13(2,3)4/h8-9H2,1-7H3,(H,15,18). The molecule has 0 aliphatic carbocycles. The van der Waals surface area contributed by atoms with Crippen molar-refractivity contribution in [2.24, 2.45) is 0 Å². The van der Waals surface area contributed by atoms with E-state index in [4.69, 9.17) is 14.2 Å². The highest BCUT2D eigenvalue weighted by Crippen LogP contribution is 2.10. The third-order valence-corrected chi connectivity index (χ3v) is 1.83. The lowest BCUT2D eigenvalue weighted by atomic mass is 10.2. The molecule has 22 heavy (non-hydrogen) atoms. The summed E-state index contributed by atoms with van der Waals surface area (Å²) >= 11 is 0. The molecule has 0 aromatic heterocycles. The summed E-state index contributed by atoms with van der Waals surface area (Å²) in [5, 5.41) is 0.720. The Morgan fingerprint density at radius 3 is 1.86 bits per heavy atom. The molecule has 2 amide bonds. The Kier molecular flexibility index (Phi) is 7.15. The molecule has 0 aromatic rings. The topological polar surface area (TPSA) is 94.2 Å². The van der Waals surface area contributed by atoms with Crippen molar-refractivity contribution >= 4 is 18.2 Å². The van der Waals surface area contributed by atoms with Crippen LogP contribution >= 0.6 is 0 Å². The van der Waals surface area contributed by atoms with E-state index in [0.29, 0.717) is 0 Å². The van der Waals surface area contributed by atoms with Crippen molar-refractivity contribution in [1.29, 1.82) is 0 Å². The predicted octanol–water partition coefficient (Wildman–Crippen LogP) is 2.23. The number of carbonyl (C=O) groups is 3. The summed E-state index contributed by atoms with van der Waals surface area (Å²) in [7, 11) is 0. The number of rotatable bonds is 3. The second-order valence-corrected chi connectivity index (χ2v) is 6.49. The molecule has 0 atom stereocenters. The molecule has 1 N–H and O–H groups in total. The summed E-state index contributed by atoms with van der Waals surface area (Å²) in [6.45, 7) is 11.3. The van der Waals surface area contributed by atoms with Gasteiger partial charge in [-0.1, -0.05) is 0 Å². The fourth-order valence-electron chi connectivity index (χ4n) is 1.21. The van der Waals surface area contributed by atoms with Gasteiger partial charge in [-0.3, -0.25) is 4.79 Å². The summed E-state index contributed by atoms with van der Waals surface area (Å²) in [4.78, 5) is 35.3. The maximum absolute atomic E-state index is 12.0. The van der Waals surface area contributed by atoms with E-state index < -0.39 is 35.9 Å². The fourth-order valence-corrected chi connectivity index (χ4v) is 1.21. The highest BCUT2D eigenvalue weighted by molar-refractivity contribution is 5.80. The first-order valence-corrected chi connectivity index (χ1v) is 7.00. The molecular weight excluding hydrogens is 292 g/mol. The second kappa shape index (κ2) is 7.86. The maximum atomic E-state index is 12.0. The molecule has 0 spiro atoms. The van der Waals surface area contributed by atoms with Gasteiger partial charge in [-0.05, 0) is 48.5 Å². The molecule has 0 heterocycles. The molecule has 0 saturated carbocycles. The largest absolute Gasteiger partial charge is 0.465 e. The third-order valence-electron chi connectivity index (χ3n) is 1.83. The molecule has 128 valence electrons. The first-order chi connectivity index (χ1) is 9.84. The number of nitrogens with zero attached hydrogens (tertiary/aromatic N) is 1. The molecule has 0 bridgehead atoms. The minimum Gasteiger partial charge on any atom is -0.465 e. The second-order valence-electron chi connectivity index (χ2n) is 6.49. The highest BCUT2D eigenvalue weighted by atomic mass is 16.6. The molecule has 0 radical (unpaired) electrons. The van der Waals surface area contributed by atoms with Gasteiger partial charge in [0.1, 0.15) is 17.7 Å². The Balaban J connectivity index is 4.89. The molecule has 0 aliphatic rings. The van der Waals surface area contributed by atoms with Crippen LogP contribution in [0.3, 0.4) is 0 Å². The Bertz CT molecular complexity index is 409. The quantitative estimate of drug-likeness (QED) is 0.487. The first-order valence-electron chi connectivity index (χ1n) is 7.00. The third kappa shape index (κ3) is 9.84. The number of hydrazine groups is 1. The summed E-state index contributed by atoms with van der Waals surface area (Å²) in [6, 6.07) is 0. The molecule has 0 aliphatic heterocycles. The number of esters is 1. The van der Waals surface area contributed by atoms with Gasteiger partial charge in [-0.15, -0.1) is 0 Å². The Hall–Kier alpha value is -1.99. The smallest absolute Gasteiger partial charge is 0.429 e. The molecular formula is C14H26N2O6. The Labute approximate surface area is 131 Å². The van der Waals surface area contributed by atoms with Gasteiger partial charge in [0.2, 0.25) is 0 Å². The van der Waals surface area contributed by atoms with Crippen molar-refractivity contribution in [3.05, 3.63) is 0 Å². The van der Waals surface area contributed by atoms with Crippen LogP contribution in [0.2, 0.25) is 0 Å². The number of ether oxygens (including phenoxy) is 3. The van der Waals surface area contributed by atoms with Gasteiger partial charge in [-0.2, -0.15) is 0 Å². The van der Waals surface area contributed by atoms with Gasteiger partial charge in [-0.25, -0.2) is 20.0 Å². The lowest BCUT2D eigenvalue weighted by Gasteiger charge is -2.28. The highest BCUT2D eigenvalue weighted by Gasteiger charge is 2.27. The Morgan fingerprint density at radius 2 is 1.45 bits per heavy atom. The molecule has 8 heteroatoms. The summed E-state index contributed by atoms with van der Waals surface area (Å²) < 4.78 is 14.9. The normalized spacial score (nSPS) is 11.4. The van der Waals surface area contributed by atoms with E-state index in [0.717, 1.165) is 5.01 Å². The number of hydrogen-bond acceptors (Lipinski definition) is 6. The van der Waals surface area contributed by atoms with Crippen LogP contribution in [0.4, 0.5) is 9.59 Å². The van der Waals surface area contributed by atoms with Crippen LogP contribution in [0.25, 0.3) is 0 Å². The van der Waals surface area contributed by atoms with Crippen LogP contribution in [-0.4, -0.2) is 47.5 Å². The van der Waals surface area contributed by atoms with Crippen molar-refractivity contribution in [3.63, 3.8) is 0 Å². The zero-order valence-corrected chi connectivity index (χ0v) is 14.3. The van der Waals surface area contributed by atoms with Crippen LogP contribution in [-0.2, 0) is 19.0 Å².